The zero-order valence-corrected chi connectivity index (χ0v) is 22.6. The van der Waals surface area contributed by atoms with Crippen LogP contribution in [0.2, 0.25) is 5.02 Å². The minimum Gasteiger partial charge on any atom is -0.382 e. The highest BCUT2D eigenvalue weighted by molar-refractivity contribution is 6.31. The fourth-order valence-corrected chi connectivity index (χ4v) is 5.27. The molecule has 0 aromatic heterocycles. The topological polar surface area (TPSA) is 32.3 Å². The van der Waals surface area contributed by atoms with E-state index < -0.39 is 11.7 Å². The Labute approximate surface area is 228 Å². The van der Waals surface area contributed by atoms with Crippen molar-refractivity contribution in [1.82, 2.24) is 4.90 Å². The maximum atomic E-state index is 13.9. The normalized spacial score (nSPS) is 14.2. The number of hydrogen-bond donors (Lipinski definition) is 1. The van der Waals surface area contributed by atoms with Crippen LogP contribution in [0.25, 0.3) is 0 Å². The van der Waals surface area contributed by atoms with E-state index in [1.54, 1.807) is 29.2 Å². The fraction of sp³-hybridized carbons (Fsp3) is 0.387. The highest BCUT2D eigenvalue weighted by Gasteiger charge is 2.30. The van der Waals surface area contributed by atoms with Crippen LogP contribution in [0.15, 0.2) is 66.7 Å². The summed E-state index contributed by atoms with van der Waals surface area (Å²) in [6.45, 7) is 4.58. The van der Waals surface area contributed by atoms with Gasteiger partial charge in [0.15, 0.2) is 0 Å². The Bertz CT molecular complexity index is 1230. The molecule has 0 bridgehead atoms. The molecular formula is C31H34ClF3N2O. The van der Waals surface area contributed by atoms with Gasteiger partial charge in [0.2, 0.25) is 0 Å². The second-order valence-corrected chi connectivity index (χ2v) is 10.8. The molecule has 0 saturated heterocycles. The maximum absolute atomic E-state index is 13.9. The Kier molecular flexibility index (Phi) is 9.03. The van der Waals surface area contributed by atoms with Gasteiger partial charge in [-0.05, 0) is 80.0 Å². The second-order valence-electron chi connectivity index (χ2n) is 10.4. The van der Waals surface area contributed by atoms with E-state index in [0.717, 1.165) is 17.7 Å². The molecule has 3 aromatic rings. The molecule has 1 aliphatic carbocycles. The lowest BCUT2D eigenvalue weighted by Gasteiger charge is -2.25. The van der Waals surface area contributed by atoms with Crippen molar-refractivity contribution in [1.29, 1.82) is 0 Å². The Morgan fingerprint density at radius 2 is 1.71 bits per heavy atom. The zero-order chi connectivity index (χ0) is 27.3. The second kappa shape index (κ2) is 12.2. The molecule has 1 amide bonds. The molecule has 4 rings (SSSR count). The van der Waals surface area contributed by atoms with Gasteiger partial charge in [0, 0.05) is 29.8 Å². The van der Waals surface area contributed by atoms with E-state index in [2.05, 4.69) is 29.6 Å². The van der Waals surface area contributed by atoms with Crippen LogP contribution >= 0.6 is 11.6 Å². The largest absolute Gasteiger partial charge is 0.416 e. The summed E-state index contributed by atoms with van der Waals surface area (Å²) in [7, 11) is 0. The Morgan fingerprint density at radius 1 is 1.00 bits per heavy atom. The molecule has 3 nitrogen and oxygen atoms in total. The standard InChI is InChI=1S/C31H34ClF3N2O/c1-21(2)36-29-15-14-27(32)19-28(29)30(38)37(17-16-22-6-5-9-26(18-22)31(33,34)35)20-23-10-12-25(13-11-23)24-7-3-4-8-24/h5-6,9-15,18-19,21,24,36H,3-4,7-8,16-17,20H2,1-2H3. The lowest BCUT2D eigenvalue weighted by atomic mass is 9.96. The summed E-state index contributed by atoms with van der Waals surface area (Å²) in [6.07, 6.45) is 0.823. The molecule has 0 radical (unpaired) electrons. The summed E-state index contributed by atoms with van der Waals surface area (Å²) < 4.78 is 39.8. The average Bonchev–Trinajstić information content (AvgIpc) is 3.42. The first kappa shape index (κ1) is 28.0. The van der Waals surface area contributed by atoms with Gasteiger partial charge in [-0.15, -0.1) is 0 Å². The third kappa shape index (κ3) is 7.31. The monoisotopic (exact) mass is 542 g/mol. The van der Waals surface area contributed by atoms with E-state index in [-0.39, 0.29) is 18.5 Å². The Hall–Kier alpha value is -2.99. The molecule has 0 unspecified atom stereocenters. The van der Waals surface area contributed by atoms with E-state index in [1.807, 2.05) is 13.8 Å². The molecule has 1 fully saturated rings. The number of rotatable bonds is 9. The molecular weight excluding hydrogens is 509 g/mol. The third-order valence-corrected chi connectivity index (χ3v) is 7.28. The van der Waals surface area contributed by atoms with E-state index in [9.17, 15) is 18.0 Å². The van der Waals surface area contributed by atoms with Crippen LogP contribution in [0.1, 0.15) is 78.1 Å². The average molecular weight is 543 g/mol. The third-order valence-electron chi connectivity index (χ3n) is 7.05. The van der Waals surface area contributed by atoms with E-state index in [1.165, 1.54) is 37.3 Å². The SMILES string of the molecule is CC(C)Nc1ccc(Cl)cc1C(=O)N(CCc1cccc(C(F)(F)F)c1)Cc1ccc(C2CCCC2)cc1. The van der Waals surface area contributed by atoms with Crippen LogP contribution in [0.4, 0.5) is 18.9 Å². The number of nitrogens with one attached hydrogen (secondary N) is 1. The number of alkyl halides is 3. The van der Waals surface area contributed by atoms with Gasteiger partial charge in [-0.25, -0.2) is 0 Å². The zero-order valence-electron chi connectivity index (χ0n) is 21.8. The van der Waals surface area contributed by atoms with E-state index in [4.69, 9.17) is 11.6 Å². The lowest BCUT2D eigenvalue weighted by molar-refractivity contribution is -0.137. The van der Waals surface area contributed by atoms with Gasteiger partial charge in [0.25, 0.3) is 5.91 Å². The Morgan fingerprint density at radius 3 is 2.37 bits per heavy atom. The first-order valence-electron chi connectivity index (χ1n) is 13.2. The molecule has 1 aliphatic rings. The number of anilines is 1. The molecule has 0 heterocycles. The minimum atomic E-state index is -4.41. The summed E-state index contributed by atoms with van der Waals surface area (Å²) in [5.74, 6) is 0.376. The van der Waals surface area contributed by atoms with E-state index in [0.29, 0.717) is 40.7 Å². The maximum Gasteiger partial charge on any atom is 0.416 e. The van der Waals surface area contributed by atoms with Gasteiger partial charge < -0.3 is 10.2 Å². The summed E-state index contributed by atoms with van der Waals surface area (Å²) >= 11 is 6.27. The number of benzene rings is 3. The molecule has 38 heavy (non-hydrogen) atoms. The van der Waals surface area contributed by atoms with E-state index >= 15 is 0 Å². The molecule has 0 spiro atoms. The van der Waals surface area contributed by atoms with Crippen molar-refractivity contribution < 1.29 is 18.0 Å². The predicted octanol–water partition coefficient (Wildman–Crippen LogP) is 8.72. The van der Waals surface area contributed by atoms with Crippen molar-refractivity contribution in [3.8, 4) is 0 Å². The number of halogens is 4. The van der Waals surface area contributed by atoms with Crippen molar-refractivity contribution in [3.05, 3.63) is 99.6 Å². The van der Waals surface area contributed by atoms with Gasteiger partial charge >= 0.3 is 6.18 Å². The highest BCUT2D eigenvalue weighted by Crippen LogP contribution is 2.34. The van der Waals surface area contributed by atoms with Crippen LogP contribution in [0, 0.1) is 0 Å². The quantitative estimate of drug-likeness (QED) is 0.293. The van der Waals surface area contributed by atoms with Gasteiger partial charge in [-0.3, -0.25) is 4.79 Å². The van der Waals surface area contributed by atoms with Crippen molar-refractivity contribution in [2.24, 2.45) is 0 Å². The fourth-order valence-electron chi connectivity index (χ4n) is 5.09. The van der Waals surface area contributed by atoms with Crippen LogP contribution in [0.3, 0.4) is 0 Å². The molecule has 1 N–H and O–H groups in total. The number of hydrogen-bond acceptors (Lipinski definition) is 2. The van der Waals surface area contributed by atoms with Crippen molar-refractivity contribution in [2.45, 2.75) is 70.6 Å². The summed E-state index contributed by atoms with van der Waals surface area (Å²) in [5.41, 5.74) is 3.26. The smallest absolute Gasteiger partial charge is 0.382 e. The van der Waals surface area contributed by atoms with Gasteiger partial charge in [-0.1, -0.05) is 66.9 Å². The van der Waals surface area contributed by atoms with Crippen LogP contribution in [-0.4, -0.2) is 23.4 Å². The molecule has 1 saturated carbocycles. The van der Waals surface area contributed by atoms with Crippen LogP contribution in [-0.2, 0) is 19.1 Å². The van der Waals surface area contributed by atoms with Crippen LogP contribution in [0.5, 0.6) is 0 Å². The molecule has 0 atom stereocenters. The number of carbonyl (C=O) groups excluding carboxylic acids is 1. The minimum absolute atomic E-state index is 0.101. The molecule has 3 aromatic carbocycles. The number of nitrogens with zero attached hydrogens (tertiary/aromatic N) is 1. The first-order chi connectivity index (χ1) is 18.1. The first-order valence-corrected chi connectivity index (χ1v) is 13.6. The molecule has 7 heteroatoms. The van der Waals surface area contributed by atoms with Crippen LogP contribution < -0.4 is 5.32 Å². The number of amides is 1. The van der Waals surface area contributed by atoms with Crippen molar-refractivity contribution in [3.63, 3.8) is 0 Å². The lowest BCUT2D eigenvalue weighted by Crippen LogP contribution is -2.33. The van der Waals surface area contributed by atoms with Gasteiger partial charge in [-0.2, -0.15) is 13.2 Å². The summed E-state index contributed by atoms with van der Waals surface area (Å²) in [5, 5.41) is 3.75. The molecule has 202 valence electrons. The Balaban J connectivity index is 1.60. The predicted molar refractivity (Wildman–Crippen MR) is 148 cm³/mol. The molecule has 0 aliphatic heterocycles. The number of carbonyl (C=O) groups is 1. The van der Waals surface area contributed by atoms with Crippen molar-refractivity contribution in [2.75, 3.05) is 11.9 Å². The van der Waals surface area contributed by atoms with Crippen molar-refractivity contribution >= 4 is 23.2 Å². The summed E-state index contributed by atoms with van der Waals surface area (Å²) in [6, 6.07) is 19.0. The summed E-state index contributed by atoms with van der Waals surface area (Å²) in [4.78, 5) is 15.6. The van der Waals surface area contributed by atoms with Gasteiger partial charge in [0.05, 0.1) is 11.1 Å². The highest BCUT2D eigenvalue weighted by atomic mass is 35.5. The van der Waals surface area contributed by atoms with Gasteiger partial charge in [0.1, 0.15) is 0 Å².